The number of benzene rings is 1. The van der Waals surface area contributed by atoms with Gasteiger partial charge in [-0.2, -0.15) is 16.7 Å². The Hall–Kier alpha value is -1.49. The Bertz CT molecular complexity index is 575. The van der Waals surface area contributed by atoms with Crippen molar-refractivity contribution in [2.75, 3.05) is 11.5 Å². The Kier molecular flexibility index (Phi) is 3.70. The van der Waals surface area contributed by atoms with E-state index in [4.69, 9.17) is 10.3 Å². The van der Waals surface area contributed by atoms with E-state index in [-0.39, 0.29) is 5.41 Å². The first kappa shape index (κ1) is 13.5. The summed E-state index contributed by atoms with van der Waals surface area (Å²) in [7, 11) is 0. The number of nitrogen functional groups attached to an aromatic ring is 1. The molecule has 5 heteroatoms. The second-order valence-corrected chi connectivity index (χ2v) is 6.38. The van der Waals surface area contributed by atoms with E-state index in [2.05, 4.69) is 29.2 Å². The molecule has 0 radical (unpaired) electrons. The van der Waals surface area contributed by atoms with E-state index in [9.17, 15) is 0 Å². The van der Waals surface area contributed by atoms with Crippen molar-refractivity contribution in [2.45, 2.75) is 37.4 Å². The van der Waals surface area contributed by atoms with Gasteiger partial charge in [-0.25, -0.2) is 0 Å². The molecule has 1 aliphatic rings. The quantitative estimate of drug-likeness (QED) is 0.652. The van der Waals surface area contributed by atoms with Gasteiger partial charge >= 0.3 is 0 Å². The third-order valence-electron chi connectivity index (χ3n) is 3.67. The zero-order chi connectivity index (χ0) is 14.0. The van der Waals surface area contributed by atoms with Crippen molar-refractivity contribution < 1.29 is 4.52 Å². The lowest BCUT2D eigenvalue weighted by Crippen LogP contribution is -2.09. The zero-order valence-corrected chi connectivity index (χ0v) is 12.4. The molecule has 4 nitrogen and oxygen atoms in total. The largest absolute Gasteiger partial charge is 0.399 e. The molecule has 1 heterocycles. The maximum atomic E-state index is 5.75. The molecule has 1 fully saturated rings. The Labute approximate surface area is 123 Å². The minimum Gasteiger partial charge on any atom is -0.399 e. The molecule has 1 aromatic carbocycles. The third kappa shape index (κ3) is 2.54. The van der Waals surface area contributed by atoms with Crippen LogP contribution in [0.1, 0.15) is 43.5 Å². The molecule has 2 N–H and O–H groups in total. The molecule has 3 rings (SSSR count). The average molecular weight is 289 g/mol. The van der Waals surface area contributed by atoms with Crippen LogP contribution >= 0.6 is 11.8 Å². The molecule has 1 saturated carbocycles. The van der Waals surface area contributed by atoms with E-state index in [1.165, 1.54) is 12.0 Å². The van der Waals surface area contributed by atoms with E-state index in [1.807, 2.05) is 23.9 Å². The van der Waals surface area contributed by atoms with Crippen LogP contribution < -0.4 is 5.73 Å². The molecule has 0 atom stereocenters. The molecular formula is C15H19N3OS. The lowest BCUT2D eigenvalue weighted by Gasteiger charge is -2.10. The fourth-order valence-corrected chi connectivity index (χ4v) is 3.10. The van der Waals surface area contributed by atoms with Gasteiger partial charge in [-0.1, -0.05) is 24.2 Å². The molecule has 106 valence electrons. The standard InChI is InChI=1S/C15H19N3OS/c1-2-9-20-10-13-17-14(19-18-13)15(7-8-15)11-3-5-12(16)6-4-11/h3-6H,2,7-10,16H2,1H3. The molecule has 2 aromatic rings. The molecule has 0 amide bonds. The van der Waals surface area contributed by atoms with Crippen LogP contribution in [0.2, 0.25) is 0 Å². The van der Waals surface area contributed by atoms with Gasteiger partial charge in [-0.3, -0.25) is 0 Å². The third-order valence-corrected chi connectivity index (χ3v) is 4.83. The van der Waals surface area contributed by atoms with Crippen LogP contribution in [0.4, 0.5) is 5.69 Å². The summed E-state index contributed by atoms with van der Waals surface area (Å²) in [4.78, 5) is 4.59. The van der Waals surface area contributed by atoms with Gasteiger partial charge in [0.1, 0.15) is 0 Å². The average Bonchev–Trinajstić information content (AvgIpc) is 3.13. The molecule has 0 spiro atoms. The summed E-state index contributed by atoms with van der Waals surface area (Å²) in [5.41, 5.74) is 7.69. The Balaban J connectivity index is 1.77. The van der Waals surface area contributed by atoms with Crippen molar-refractivity contribution in [3.63, 3.8) is 0 Å². The van der Waals surface area contributed by atoms with Crippen molar-refractivity contribution in [3.8, 4) is 0 Å². The van der Waals surface area contributed by atoms with Gasteiger partial charge in [0, 0.05) is 5.69 Å². The van der Waals surface area contributed by atoms with Crippen LogP contribution in [0.5, 0.6) is 0 Å². The van der Waals surface area contributed by atoms with E-state index >= 15 is 0 Å². The summed E-state index contributed by atoms with van der Waals surface area (Å²) in [6, 6.07) is 8.00. The second-order valence-electron chi connectivity index (χ2n) is 5.27. The van der Waals surface area contributed by atoms with Crippen molar-refractivity contribution in [2.24, 2.45) is 0 Å². The zero-order valence-electron chi connectivity index (χ0n) is 11.6. The fraction of sp³-hybridized carbons (Fsp3) is 0.467. The molecule has 0 aliphatic heterocycles. The summed E-state index contributed by atoms with van der Waals surface area (Å²) in [6.07, 6.45) is 3.31. The van der Waals surface area contributed by atoms with Gasteiger partial charge in [0.15, 0.2) is 5.82 Å². The minimum absolute atomic E-state index is 0.0611. The molecule has 1 aromatic heterocycles. The number of thioether (sulfide) groups is 1. The molecule has 0 unspecified atom stereocenters. The smallest absolute Gasteiger partial charge is 0.237 e. The second kappa shape index (κ2) is 5.48. The predicted molar refractivity (Wildman–Crippen MR) is 81.6 cm³/mol. The van der Waals surface area contributed by atoms with E-state index in [0.29, 0.717) is 0 Å². The summed E-state index contributed by atoms with van der Waals surface area (Å²) in [6.45, 7) is 2.18. The van der Waals surface area contributed by atoms with Gasteiger partial charge < -0.3 is 10.3 Å². The number of nitrogens with zero attached hydrogens (tertiary/aromatic N) is 2. The highest BCUT2D eigenvalue weighted by atomic mass is 32.2. The van der Waals surface area contributed by atoms with Gasteiger partial charge in [-0.05, 0) is 42.7 Å². The minimum atomic E-state index is -0.0611. The number of hydrogen-bond acceptors (Lipinski definition) is 5. The topological polar surface area (TPSA) is 64.9 Å². The molecule has 0 saturated heterocycles. The Morgan fingerprint density at radius 2 is 2.05 bits per heavy atom. The predicted octanol–water partition coefficient (Wildman–Crippen LogP) is 3.37. The number of rotatable bonds is 6. The van der Waals surface area contributed by atoms with Crippen molar-refractivity contribution >= 4 is 17.4 Å². The van der Waals surface area contributed by atoms with E-state index in [1.54, 1.807) is 0 Å². The highest BCUT2D eigenvalue weighted by Crippen LogP contribution is 2.52. The van der Waals surface area contributed by atoms with Gasteiger partial charge in [0.05, 0.1) is 11.2 Å². The van der Waals surface area contributed by atoms with Crippen LogP contribution in [0.3, 0.4) is 0 Å². The number of aromatic nitrogens is 2. The van der Waals surface area contributed by atoms with Crippen LogP contribution in [0.15, 0.2) is 28.8 Å². The van der Waals surface area contributed by atoms with E-state index < -0.39 is 0 Å². The molecular weight excluding hydrogens is 270 g/mol. The molecule has 1 aliphatic carbocycles. The first-order valence-corrected chi connectivity index (χ1v) is 8.17. The number of hydrogen-bond donors (Lipinski definition) is 1. The fourth-order valence-electron chi connectivity index (χ4n) is 2.37. The molecule has 0 bridgehead atoms. The van der Waals surface area contributed by atoms with Crippen LogP contribution in [0.25, 0.3) is 0 Å². The van der Waals surface area contributed by atoms with Crippen molar-refractivity contribution in [1.29, 1.82) is 0 Å². The summed E-state index contributed by atoms with van der Waals surface area (Å²) >= 11 is 1.85. The Morgan fingerprint density at radius 3 is 2.70 bits per heavy atom. The highest BCUT2D eigenvalue weighted by Gasteiger charge is 2.50. The first-order valence-electron chi connectivity index (χ1n) is 7.01. The molecule has 20 heavy (non-hydrogen) atoms. The maximum absolute atomic E-state index is 5.75. The maximum Gasteiger partial charge on any atom is 0.237 e. The lowest BCUT2D eigenvalue weighted by atomic mass is 9.96. The van der Waals surface area contributed by atoms with Crippen LogP contribution in [0, 0.1) is 0 Å². The monoisotopic (exact) mass is 289 g/mol. The summed E-state index contributed by atoms with van der Waals surface area (Å²) < 4.78 is 5.50. The summed E-state index contributed by atoms with van der Waals surface area (Å²) in [5.74, 6) is 3.52. The SMILES string of the molecule is CCCSCc1noc(C2(c3ccc(N)cc3)CC2)n1. The van der Waals surface area contributed by atoms with Crippen molar-refractivity contribution in [1.82, 2.24) is 10.1 Å². The lowest BCUT2D eigenvalue weighted by molar-refractivity contribution is 0.356. The number of nitrogens with two attached hydrogens (primary N) is 1. The normalized spacial score (nSPS) is 16.2. The van der Waals surface area contributed by atoms with Crippen LogP contribution in [-0.2, 0) is 11.2 Å². The van der Waals surface area contributed by atoms with E-state index in [0.717, 1.165) is 41.7 Å². The first-order chi connectivity index (χ1) is 9.74. The number of anilines is 1. The van der Waals surface area contributed by atoms with Gasteiger partial charge in [-0.15, -0.1) is 0 Å². The Morgan fingerprint density at radius 1 is 1.30 bits per heavy atom. The van der Waals surface area contributed by atoms with Gasteiger partial charge in [0.2, 0.25) is 5.89 Å². The highest BCUT2D eigenvalue weighted by molar-refractivity contribution is 7.98. The summed E-state index contributed by atoms with van der Waals surface area (Å²) in [5, 5.41) is 4.11. The van der Waals surface area contributed by atoms with Crippen molar-refractivity contribution in [3.05, 3.63) is 41.5 Å². The van der Waals surface area contributed by atoms with Gasteiger partial charge in [0.25, 0.3) is 0 Å². The van der Waals surface area contributed by atoms with Crippen LogP contribution in [-0.4, -0.2) is 15.9 Å².